The molecule has 4 rings (SSSR count). The molecule has 1 heterocycles. The lowest BCUT2D eigenvalue weighted by atomic mass is 9.82. The molecule has 0 atom stereocenters. The van der Waals surface area contributed by atoms with Gasteiger partial charge in [-0.3, -0.25) is 4.98 Å². The molecule has 0 spiro atoms. The van der Waals surface area contributed by atoms with Crippen molar-refractivity contribution in [3.8, 4) is 0 Å². The van der Waals surface area contributed by atoms with E-state index >= 15 is 0 Å². The summed E-state index contributed by atoms with van der Waals surface area (Å²) in [4.78, 5) is 4.48. The second-order valence-electron chi connectivity index (χ2n) is 24.6. The fourth-order valence-corrected chi connectivity index (χ4v) is 8.15. The third-order valence-electron chi connectivity index (χ3n) is 10.3. The van der Waals surface area contributed by atoms with Gasteiger partial charge in [0.1, 0.15) is 0 Å². The monoisotopic (exact) mass is 898 g/mol. The van der Waals surface area contributed by atoms with E-state index in [1.807, 2.05) is 24.4 Å². The maximum absolute atomic E-state index is 6.34. The number of hydrogen-bond acceptors (Lipinski definition) is 1. The second-order valence-corrected chi connectivity index (χ2v) is 26.3. The van der Waals surface area contributed by atoms with Crippen LogP contribution in [0, 0.1) is 0 Å². The van der Waals surface area contributed by atoms with E-state index in [0.717, 1.165) is 31.3 Å². The zero-order valence-electron chi connectivity index (χ0n) is 42.3. The van der Waals surface area contributed by atoms with Crippen LogP contribution < -0.4 is 0 Å². The van der Waals surface area contributed by atoms with Crippen LogP contribution in [0.15, 0.2) is 66.9 Å². The molecule has 4 aromatic rings. The van der Waals surface area contributed by atoms with E-state index in [0.29, 0.717) is 0 Å². The Morgan fingerprint density at radius 1 is 0.300 bits per heavy atom. The molecule has 0 aliphatic carbocycles. The van der Waals surface area contributed by atoms with E-state index in [1.54, 1.807) is 0 Å². The largest absolute Gasteiger partial charge is 0.259 e. The average Bonchev–Trinajstić information content (AvgIpc) is 3.01. The molecule has 5 heteroatoms. The topological polar surface area (TPSA) is 12.9 Å². The van der Waals surface area contributed by atoms with E-state index in [2.05, 4.69) is 214 Å². The van der Waals surface area contributed by atoms with Crippen LogP contribution in [0.5, 0.6) is 0 Å². The highest BCUT2D eigenvalue weighted by Gasteiger charge is 2.25. The SMILES string of the molecule is CC(C)(C)c1cc(Cl)c(C(C)(C)C)c(Cl)c1.CC(C)(C)c1ccc(C(C)(C)C)c(Cl)c1.CC(C)(C)c1ccc(C(C)(C)C)cc1.CC(C)(C)c1cnc(C(C)(C)C)c(Cl)c1. The summed E-state index contributed by atoms with van der Waals surface area (Å²) in [5.74, 6) is 0. The maximum atomic E-state index is 6.34. The zero-order chi connectivity index (χ0) is 47.4. The Kier molecular flexibility index (Phi) is 18.9. The fraction of sp³-hybridized carbons (Fsp3) is 0.582. The first kappa shape index (κ1) is 56.0. The van der Waals surface area contributed by atoms with E-state index in [9.17, 15) is 0 Å². The molecular weight excluding hydrogens is 816 g/mol. The minimum Gasteiger partial charge on any atom is -0.259 e. The van der Waals surface area contributed by atoms with Crippen molar-refractivity contribution in [1.82, 2.24) is 4.98 Å². The van der Waals surface area contributed by atoms with Gasteiger partial charge in [-0.05, 0) is 101 Å². The molecule has 0 unspecified atom stereocenters. The predicted octanol–water partition coefficient (Wildman–Crippen LogP) is 19.1. The number of benzene rings is 3. The van der Waals surface area contributed by atoms with Crippen molar-refractivity contribution in [3.63, 3.8) is 0 Å². The maximum Gasteiger partial charge on any atom is 0.0643 e. The second kappa shape index (κ2) is 20.2. The summed E-state index contributed by atoms with van der Waals surface area (Å²) in [6, 6.07) is 21.6. The van der Waals surface area contributed by atoms with Crippen molar-refractivity contribution in [2.75, 3.05) is 0 Å². The van der Waals surface area contributed by atoms with Gasteiger partial charge in [0.2, 0.25) is 0 Å². The van der Waals surface area contributed by atoms with Crippen LogP contribution in [-0.2, 0) is 43.3 Å². The predicted molar refractivity (Wildman–Crippen MR) is 273 cm³/mol. The molecule has 1 aromatic heterocycles. The Hall–Kier alpha value is -2.03. The van der Waals surface area contributed by atoms with Gasteiger partial charge in [-0.2, -0.15) is 0 Å². The van der Waals surface area contributed by atoms with Gasteiger partial charge >= 0.3 is 0 Å². The van der Waals surface area contributed by atoms with E-state index in [4.69, 9.17) is 46.4 Å². The molecule has 0 amide bonds. The molecule has 0 aliphatic heterocycles. The average molecular weight is 900 g/mol. The third-order valence-corrected chi connectivity index (χ3v) is 11.5. The Balaban J connectivity index is 0.000000400. The lowest BCUT2D eigenvalue weighted by Crippen LogP contribution is -2.17. The Morgan fingerprint density at radius 2 is 0.617 bits per heavy atom. The van der Waals surface area contributed by atoms with Gasteiger partial charge in [-0.15, -0.1) is 0 Å². The van der Waals surface area contributed by atoms with Crippen LogP contribution in [0.25, 0.3) is 0 Å². The summed E-state index contributed by atoms with van der Waals surface area (Å²) in [6.07, 6.45) is 1.94. The molecule has 0 saturated heterocycles. The highest BCUT2D eigenvalue weighted by Crippen LogP contribution is 2.39. The Bertz CT molecular complexity index is 1850. The molecule has 1 nitrogen and oxygen atoms in total. The Labute approximate surface area is 390 Å². The lowest BCUT2D eigenvalue weighted by molar-refractivity contribution is 0.557. The number of nitrogens with zero attached hydrogens (tertiary/aromatic N) is 1. The van der Waals surface area contributed by atoms with E-state index in [-0.39, 0.29) is 43.3 Å². The first-order chi connectivity index (χ1) is 26.5. The smallest absolute Gasteiger partial charge is 0.0643 e. The fourth-order valence-electron chi connectivity index (χ4n) is 6.18. The van der Waals surface area contributed by atoms with Gasteiger partial charge in [-0.25, -0.2) is 0 Å². The normalized spacial score (nSPS) is 13.0. The van der Waals surface area contributed by atoms with Crippen LogP contribution in [0.4, 0.5) is 0 Å². The molecule has 0 N–H and O–H groups in total. The first-order valence-corrected chi connectivity index (χ1v) is 23.1. The lowest BCUT2D eigenvalue weighted by Gasteiger charge is -2.26. The first-order valence-electron chi connectivity index (χ1n) is 21.6. The third kappa shape index (κ3) is 17.6. The van der Waals surface area contributed by atoms with Crippen LogP contribution in [0.3, 0.4) is 0 Å². The minimum absolute atomic E-state index is 0.00744. The van der Waals surface area contributed by atoms with Crippen LogP contribution in [-0.4, -0.2) is 4.98 Å². The van der Waals surface area contributed by atoms with Crippen LogP contribution in [0.1, 0.15) is 211 Å². The molecule has 336 valence electrons. The quantitative estimate of drug-likeness (QED) is 0.171. The van der Waals surface area contributed by atoms with Crippen LogP contribution >= 0.6 is 46.4 Å². The van der Waals surface area contributed by atoms with Gasteiger partial charge in [0.15, 0.2) is 0 Å². The van der Waals surface area contributed by atoms with E-state index < -0.39 is 0 Å². The van der Waals surface area contributed by atoms with Gasteiger partial charge in [0.25, 0.3) is 0 Å². The van der Waals surface area contributed by atoms with Gasteiger partial charge in [-0.1, -0.05) is 249 Å². The van der Waals surface area contributed by atoms with Gasteiger partial charge < -0.3 is 0 Å². The van der Waals surface area contributed by atoms with Crippen molar-refractivity contribution in [2.45, 2.75) is 209 Å². The summed E-state index contributed by atoms with van der Waals surface area (Å²) in [5.41, 5.74) is 10.7. The molecule has 0 fully saturated rings. The minimum atomic E-state index is -0.0232. The van der Waals surface area contributed by atoms with Crippen molar-refractivity contribution in [3.05, 3.63) is 132 Å². The standard InChI is InChI=1S/C14H20Cl2.C14H21Cl.C14H22.C13H20ClN/c1-13(2,3)9-7-10(15)12(11(16)8-9)14(4,5)6;1-13(2,3)10-7-8-11(12(15)9-10)14(4,5)6;1-13(2,3)11-7-9-12(10-8-11)14(4,5)6;1-12(2,3)9-7-10(14)11(15-8-9)13(4,5)6/h7-8H,1-6H3;7-9H,1-6H3;7-10H,1-6H3;7-8H,1-6H3. The van der Waals surface area contributed by atoms with Crippen molar-refractivity contribution >= 4 is 46.4 Å². The highest BCUT2D eigenvalue weighted by molar-refractivity contribution is 6.36. The molecule has 0 bridgehead atoms. The summed E-state index contributed by atoms with van der Waals surface area (Å²) in [5, 5.41) is 3.19. The summed E-state index contributed by atoms with van der Waals surface area (Å²) >= 11 is 25.3. The summed E-state index contributed by atoms with van der Waals surface area (Å²) in [6.45, 7) is 52.4. The van der Waals surface area contributed by atoms with E-state index in [1.165, 1.54) is 33.4 Å². The summed E-state index contributed by atoms with van der Waals surface area (Å²) < 4.78 is 0. The van der Waals surface area contributed by atoms with Crippen molar-refractivity contribution in [2.24, 2.45) is 0 Å². The van der Waals surface area contributed by atoms with Crippen molar-refractivity contribution < 1.29 is 0 Å². The van der Waals surface area contributed by atoms with Crippen molar-refractivity contribution in [1.29, 1.82) is 0 Å². The number of aromatic nitrogens is 1. The molecular formula is C55H83Cl4N. The molecule has 0 saturated carbocycles. The number of pyridine rings is 1. The number of hydrogen-bond donors (Lipinski definition) is 0. The molecule has 0 radical (unpaired) electrons. The highest BCUT2D eigenvalue weighted by atomic mass is 35.5. The molecule has 60 heavy (non-hydrogen) atoms. The van der Waals surface area contributed by atoms with Gasteiger partial charge in [0, 0.05) is 26.7 Å². The van der Waals surface area contributed by atoms with Crippen LogP contribution in [0.2, 0.25) is 20.1 Å². The molecule has 3 aromatic carbocycles. The zero-order valence-corrected chi connectivity index (χ0v) is 45.3. The molecule has 0 aliphatic rings. The Morgan fingerprint density at radius 3 is 0.883 bits per heavy atom. The van der Waals surface area contributed by atoms with Gasteiger partial charge in [0.05, 0.1) is 10.7 Å². The number of rotatable bonds is 0. The number of halogens is 4. The summed E-state index contributed by atoms with van der Waals surface area (Å²) in [7, 11) is 0.